The van der Waals surface area contributed by atoms with Crippen molar-refractivity contribution in [1.82, 2.24) is 0 Å². The van der Waals surface area contributed by atoms with Gasteiger partial charge in [0.25, 0.3) is 0 Å². The Hall–Kier alpha value is -2.49. The molecular formula is C23H19IO5S. The van der Waals surface area contributed by atoms with Crippen molar-refractivity contribution in [2.24, 2.45) is 0 Å². The largest absolute Gasteiger partial charge is 0.744 e. The Morgan fingerprint density at radius 2 is 1.30 bits per heavy atom. The van der Waals surface area contributed by atoms with Crippen LogP contribution in [0.4, 0.5) is 0 Å². The molecule has 3 aromatic carbocycles. The number of halogens is 1. The molecule has 4 rings (SSSR count). The molecule has 0 N–H and O–H groups in total. The first-order valence-electron chi connectivity index (χ1n) is 8.99. The first kappa shape index (κ1) is 22.2. The van der Waals surface area contributed by atoms with Crippen LogP contribution in [0.1, 0.15) is 11.1 Å². The van der Waals surface area contributed by atoms with Crippen LogP contribution in [0.15, 0.2) is 93.0 Å². The van der Waals surface area contributed by atoms with Gasteiger partial charge in [0.2, 0.25) is 0 Å². The summed E-state index contributed by atoms with van der Waals surface area (Å²) in [5.74, 6) is 0. The fraction of sp³-hybridized carbons (Fsp3) is 0.0870. The van der Waals surface area contributed by atoms with Crippen molar-refractivity contribution in [3.05, 3.63) is 108 Å². The van der Waals surface area contributed by atoms with Crippen LogP contribution in [0.5, 0.6) is 0 Å². The molecule has 0 saturated carbocycles. The van der Waals surface area contributed by atoms with Gasteiger partial charge in [-0.15, -0.1) is 0 Å². The lowest BCUT2D eigenvalue weighted by Crippen LogP contribution is -3.61. The predicted molar refractivity (Wildman–Crippen MR) is 110 cm³/mol. The molecule has 5 nitrogen and oxygen atoms in total. The second-order valence-corrected chi connectivity index (χ2v) is 11.0. The smallest absolute Gasteiger partial charge is 0.358 e. The molecular weight excluding hydrogens is 515 g/mol. The summed E-state index contributed by atoms with van der Waals surface area (Å²) in [6.45, 7) is 3.91. The minimum atomic E-state index is -4.27. The molecule has 0 spiro atoms. The van der Waals surface area contributed by atoms with Gasteiger partial charge in [0, 0.05) is 17.5 Å². The van der Waals surface area contributed by atoms with Gasteiger partial charge in [0.05, 0.1) is 4.90 Å². The highest BCUT2D eigenvalue weighted by Crippen LogP contribution is 2.10. The molecule has 0 bridgehead atoms. The lowest BCUT2D eigenvalue weighted by Gasteiger charge is -2.05. The van der Waals surface area contributed by atoms with Gasteiger partial charge in [-0.25, -0.2) is 13.2 Å². The average Bonchev–Trinajstić information content (AvgIpc) is 2.69. The van der Waals surface area contributed by atoms with Crippen molar-refractivity contribution < 1.29 is 38.6 Å². The van der Waals surface area contributed by atoms with E-state index in [1.807, 2.05) is 19.1 Å². The van der Waals surface area contributed by atoms with E-state index in [0.717, 1.165) is 10.9 Å². The van der Waals surface area contributed by atoms with Gasteiger partial charge >= 0.3 is 26.8 Å². The predicted octanol–water partition coefficient (Wildman–Crippen LogP) is 1.13. The molecule has 0 saturated heterocycles. The molecule has 0 unspecified atom stereocenters. The van der Waals surface area contributed by atoms with Gasteiger partial charge in [0.15, 0.2) is 7.14 Å². The highest BCUT2D eigenvalue weighted by atomic mass is 127. The van der Waals surface area contributed by atoms with Crippen molar-refractivity contribution in [2.45, 2.75) is 18.7 Å². The van der Waals surface area contributed by atoms with Crippen molar-refractivity contribution >= 4 is 21.1 Å². The normalized spacial score (nSPS) is 11.0. The maximum Gasteiger partial charge on any atom is 0.358 e. The zero-order valence-corrected chi connectivity index (χ0v) is 19.3. The van der Waals surface area contributed by atoms with Crippen LogP contribution >= 0.6 is 0 Å². The lowest BCUT2D eigenvalue weighted by atomic mass is 10.2. The molecule has 0 aliphatic carbocycles. The zero-order valence-electron chi connectivity index (χ0n) is 16.3. The molecule has 1 heterocycles. The number of rotatable bonds is 3. The summed E-state index contributed by atoms with van der Waals surface area (Å²) in [6.07, 6.45) is 0. The summed E-state index contributed by atoms with van der Waals surface area (Å²) in [4.78, 5) is 11.1. The Balaban J connectivity index is 0.000000199. The zero-order chi connectivity index (χ0) is 21.7. The first-order chi connectivity index (χ1) is 14.2. The topological polar surface area (TPSA) is 87.4 Å². The third kappa shape index (κ3) is 6.25. The number of hydrogen-bond acceptors (Lipinski definition) is 5. The van der Waals surface area contributed by atoms with E-state index in [1.54, 1.807) is 18.2 Å². The third-order valence-corrected chi connectivity index (χ3v) is 7.61. The van der Waals surface area contributed by atoms with Crippen LogP contribution < -0.4 is 26.8 Å². The second kappa shape index (κ2) is 9.55. The molecule has 0 aliphatic rings. The van der Waals surface area contributed by atoms with Crippen LogP contribution in [-0.2, 0) is 10.1 Å². The van der Waals surface area contributed by atoms with Gasteiger partial charge in [0.1, 0.15) is 15.7 Å². The summed E-state index contributed by atoms with van der Waals surface area (Å²) in [6, 6.07) is 23.8. The quantitative estimate of drug-likeness (QED) is 0.224. The SMILES string of the molecule is Cc1ccc(S(=O)(=O)[O-])cc1.Cc1ccc([I+]c2ccc3ccc(=O)oc3c2)cc1. The number of aryl methyl sites for hydroxylation is 2. The standard InChI is InChI=1S/C16H12IO2.C7H8O3S/c1-11-2-6-13(7-3-11)17-14-8-4-12-5-9-16(18)19-15(12)10-14;1-6-2-4-7(5-3-6)11(8,9)10/h2-10H,1H3;2-5H,1H3,(H,8,9,10)/q+1;/p-1. The average molecular weight is 534 g/mol. The molecule has 0 amide bonds. The maximum atomic E-state index is 11.2. The Labute approximate surface area is 185 Å². The van der Waals surface area contributed by atoms with Gasteiger partial charge in [-0.3, -0.25) is 0 Å². The Kier molecular flexibility index (Phi) is 7.06. The summed E-state index contributed by atoms with van der Waals surface area (Å²) in [5, 5.41) is 0.969. The van der Waals surface area contributed by atoms with E-state index in [9.17, 15) is 17.8 Å². The van der Waals surface area contributed by atoms with Crippen molar-refractivity contribution in [3.8, 4) is 0 Å². The summed E-state index contributed by atoms with van der Waals surface area (Å²) >= 11 is -0.231. The Morgan fingerprint density at radius 3 is 1.90 bits per heavy atom. The van der Waals surface area contributed by atoms with Crippen molar-refractivity contribution in [3.63, 3.8) is 0 Å². The monoisotopic (exact) mass is 534 g/mol. The van der Waals surface area contributed by atoms with E-state index in [4.69, 9.17) is 4.42 Å². The third-order valence-electron chi connectivity index (χ3n) is 4.12. The van der Waals surface area contributed by atoms with Crippen LogP contribution in [0.2, 0.25) is 0 Å². The molecule has 0 fully saturated rings. The number of benzene rings is 3. The minimum absolute atomic E-state index is 0.178. The number of fused-ring (bicyclic) bond motifs is 1. The fourth-order valence-corrected chi connectivity index (χ4v) is 5.23. The van der Waals surface area contributed by atoms with E-state index in [0.29, 0.717) is 5.58 Å². The first-order valence-corrected chi connectivity index (χ1v) is 12.6. The summed E-state index contributed by atoms with van der Waals surface area (Å²) < 4.78 is 39.0. The fourth-order valence-electron chi connectivity index (χ4n) is 2.52. The van der Waals surface area contributed by atoms with Gasteiger partial charge in [-0.2, -0.15) is 0 Å². The van der Waals surface area contributed by atoms with E-state index >= 15 is 0 Å². The number of hydrogen-bond donors (Lipinski definition) is 0. The Bertz CT molecular complexity index is 1310. The lowest BCUT2D eigenvalue weighted by molar-refractivity contribution is -0.597. The van der Waals surface area contributed by atoms with Crippen LogP contribution in [0, 0.1) is 21.0 Å². The van der Waals surface area contributed by atoms with E-state index < -0.39 is 10.1 Å². The molecule has 154 valence electrons. The molecule has 4 aromatic rings. The summed E-state index contributed by atoms with van der Waals surface area (Å²) in [7, 11) is -4.27. The van der Waals surface area contributed by atoms with Crippen LogP contribution in [0.3, 0.4) is 0 Å². The van der Waals surface area contributed by atoms with Gasteiger partial charge in [-0.05, 0) is 56.3 Å². The van der Waals surface area contributed by atoms with Crippen molar-refractivity contribution in [2.75, 3.05) is 0 Å². The molecule has 30 heavy (non-hydrogen) atoms. The maximum absolute atomic E-state index is 11.2. The molecule has 7 heteroatoms. The summed E-state index contributed by atoms with van der Waals surface area (Å²) in [5.41, 5.74) is 2.59. The Morgan fingerprint density at radius 1 is 0.767 bits per heavy atom. The molecule has 0 aliphatic heterocycles. The molecule has 0 radical (unpaired) electrons. The van der Waals surface area contributed by atoms with Crippen LogP contribution in [-0.4, -0.2) is 13.0 Å². The highest BCUT2D eigenvalue weighted by molar-refractivity contribution is 7.85. The van der Waals surface area contributed by atoms with Crippen LogP contribution in [0.25, 0.3) is 11.0 Å². The van der Waals surface area contributed by atoms with Gasteiger partial charge in [-0.1, -0.05) is 35.4 Å². The highest BCUT2D eigenvalue weighted by Gasteiger charge is 2.16. The van der Waals surface area contributed by atoms with Gasteiger partial charge < -0.3 is 8.97 Å². The molecule has 0 atom stereocenters. The minimum Gasteiger partial charge on any atom is -0.744 e. The second-order valence-electron chi connectivity index (χ2n) is 6.59. The van der Waals surface area contributed by atoms with E-state index in [1.165, 1.54) is 30.9 Å². The van der Waals surface area contributed by atoms with Crippen molar-refractivity contribution in [1.29, 1.82) is 0 Å². The van der Waals surface area contributed by atoms with E-state index in [-0.39, 0.29) is 31.7 Å². The van der Waals surface area contributed by atoms with E-state index in [2.05, 4.69) is 37.3 Å². The molecule has 1 aromatic heterocycles.